The minimum absolute atomic E-state index is 0.156. The van der Waals surface area contributed by atoms with Crippen LogP contribution in [0.3, 0.4) is 0 Å². The first-order valence-electron chi connectivity index (χ1n) is 9.12. The van der Waals surface area contributed by atoms with Gasteiger partial charge in [-0.3, -0.25) is 14.4 Å². The zero-order chi connectivity index (χ0) is 17.8. The summed E-state index contributed by atoms with van der Waals surface area (Å²) in [6.45, 7) is 4.88. The van der Waals surface area contributed by atoms with E-state index in [1.54, 1.807) is 4.90 Å². The van der Waals surface area contributed by atoms with Gasteiger partial charge in [0.05, 0.1) is 6.20 Å². The van der Waals surface area contributed by atoms with Gasteiger partial charge in [0, 0.05) is 26.8 Å². The van der Waals surface area contributed by atoms with Gasteiger partial charge in [-0.1, -0.05) is 30.3 Å². The molecule has 0 N–H and O–H groups in total. The molecule has 1 aliphatic heterocycles. The van der Waals surface area contributed by atoms with E-state index in [1.165, 1.54) is 5.56 Å². The number of aromatic nitrogens is 2. The van der Waals surface area contributed by atoms with Gasteiger partial charge in [0.2, 0.25) is 5.91 Å². The largest absolute Gasteiger partial charge is 0.347 e. The Labute approximate surface area is 150 Å². The summed E-state index contributed by atoms with van der Waals surface area (Å²) in [5.41, 5.74) is 2.41. The molecular formula is C20H28N4O. The van der Waals surface area contributed by atoms with Crippen LogP contribution in [-0.4, -0.2) is 52.7 Å². The standard InChI is InChI=1S/C20H28N4O/c1-4-24-15-18(14-21-24)16-10-12-23(13-11-16)19(20(25)22(2)3)17-8-6-5-7-9-17/h5-9,14-16,19H,4,10-13H2,1-3H3/t19-/m0/s1. The molecule has 25 heavy (non-hydrogen) atoms. The molecule has 0 spiro atoms. The molecule has 5 heteroatoms. The van der Waals surface area contributed by atoms with Crippen molar-refractivity contribution in [2.45, 2.75) is 38.3 Å². The van der Waals surface area contributed by atoms with Gasteiger partial charge in [-0.05, 0) is 49.9 Å². The highest BCUT2D eigenvalue weighted by atomic mass is 16.2. The number of amides is 1. The van der Waals surface area contributed by atoms with Crippen molar-refractivity contribution < 1.29 is 4.79 Å². The van der Waals surface area contributed by atoms with Crippen molar-refractivity contribution in [2.24, 2.45) is 0 Å². The number of likely N-dealkylation sites (N-methyl/N-ethyl adjacent to an activating group) is 1. The van der Waals surface area contributed by atoms with Gasteiger partial charge in [0.25, 0.3) is 0 Å². The molecule has 1 fully saturated rings. The molecule has 2 aromatic rings. The zero-order valence-corrected chi connectivity index (χ0v) is 15.4. The lowest BCUT2D eigenvalue weighted by Gasteiger charge is -2.37. The van der Waals surface area contributed by atoms with Crippen LogP contribution in [0.5, 0.6) is 0 Å². The Balaban J connectivity index is 1.72. The maximum absolute atomic E-state index is 12.8. The van der Waals surface area contributed by atoms with E-state index in [1.807, 2.05) is 43.2 Å². The molecular weight excluding hydrogens is 312 g/mol. The third kappa shape index (κ3) is 3.93. The maximum atomic E-state index is 12.8. The number of likely N-dealkylation sites (tertiary alicyclic amines) is 1. The van der Waals surface area contributed by atoms with Crippen molar-refractivity contribution in [1.29, 1.82) is 0 Å². The molecule has 1 amide bonds. The predicted molar refractivity (Wildman–Crippen MR) is 99.3 cm³/mol. The maximum Gasteiger partial charge on any atom is 0.244 e. The Kier molecular flexibility index (Phi) is 5.53. The molecule has 0 radical (unpaired) electrons. The van der Waals surface area contributed by atoms with Crippen LogP contribution in [-0.2, 0) is 11.3 Å². The number of hydrogen-bond donors (Lipinski definition) is 0. The highest BCUT2D eigenvalue weighted by Crippen LogP contribution is 2.32. The van der Waals surface area contributed by atoms with Gasteiger partial charge in [-0.25, -0.2) is 0 Å². The molecule has 1 atom stereocenters. The van der Waals surface area contributed by atoms with Gasteiger partial charge < -0.3 is 4.90 Å². The molecule has 5 nitrogen and oxygen atoms in total. The quantitative estimate of drug-likeness (QED) is 0.840. The number of carbonyl (C=O) groups excluding carboxylic acids is 1. The van der Waals surface area contributed by atoms with E-state index in [4.69, 9.17) is 0 Å². The fraction of sp³-hybridized carbons (Fsp3) is 0.500. The molecule has 1 aromatic heterocycles. The van der Waals surface area contributed by atoms with Crippen molar-refractivity contribution in [3.8, 4) is 0 Å². The van der Waals surface area contributed by atoms with Crippen molar-refractivity contribution in [1.82, 2.24) is 19.6 Å². The van der Waals surface area contributed by atoms with Crippen LogP contribution in [0.4, 0.5) is 0 Å². The van der Waals surface area contributed by atoms with Gasteiger partial charge >= 0.3 is 0 Å². The van der Waals surface area contributed by atoms with Crippen LogP contribution in [0.15, 0.2) is 42.7 Å². The molecule has 0 aliphatic carbocycles. The lowest BCUT2D eigenvalue weighted by molar-refractivity contribution is -0.135. The monoisotopic (exact) mass is 340 g/mol. The highest BCUT2D eigenvalue weighted by Gasteiger charge is 2.32. The molecule has 2 heterocycles. The third-order valence-electron chi connectivity index (χ3n) is 5.13. The van der Waals surface area contributed by atoms with Crippen LogP contribution in [0.25, 0.3) is 0 Å². The van der Waals surface area contributed by atoms with Crippen LogP contribution >= 0.6 is 0 Å². The van der Waals surface area contributed by atoms with Gasteiger partial charge in [-0.15, -0.1) is 0 Å². The molecule has 134 valence electrons. The van der Waals surface area contributed by atoms with E-state index in [0.717, 1.165) is 38.0 Å². The summed E-state index contributed by atoms with van der Waals surface area (Å²) < 4.78 is 1.99. The normalized spacial score (nSPS) is 17.4. The number of benzene rings is 1. The van der Waals surface area contributed by atoms with E-state index in [2.05, 4.69) is 35.3 Å². The molecule has 0 saturated carbocycles. The number of piperidine rings is 1. The van der Waals surface area contributed by atoms with Gasteiger partial charge in [0.15, 0.2) is 0 Å². The minimum atomic E-state index is -0.185. The van der Waals surface area contributed by atoms with Crippen LogP contribution in [0.2, 0.25) is 0 Å². The molecule has 3 rings (SSSR count). The Morgan fingerprint density at radius 1 is 1.24 bits per heavy atom. The second-order valence-corrected chi connectivity index (χ2v) is 6.99. The average Bonchev–Trinajstić information content (AvgIpc) is 3.12. The summed E-state index contributed by atoms with van der Waals surface area (Å²) in [7, 11) is 3.67. The fourth-order valence-corrected chi connectivity index (χ4v) is 3.64. The Morgan fingerprint density at radius 2 is 1.92 bits per heavy atom. The minimum Gasteiger partial charge on any atom is -0.347 e. The van der Waals surface area contributed by atoms with Gasteiger partial charge in [-0.2, -0.15) is 5.10 Å². The van der Waals surface area contributed by atoms with Crippen molar-refractivity contribution >= 4 is 5.91 Å². The third-order valence-corrected chi connectivity index (χ3v) is 5.13. The zero-order valence-electron chi connectivity index (χ0n) is 15.4. The van der Waals surface area contributed by atoms with E-state index in [0.29, 0.717) is 5.92 Å². The summed E-state index contributed by atoms with van der Waals surface area (Å²) in [5, 5.41) is 4.41. The summed E-state index contributed by atoms with van der Waals surface area (Å²) in [6, 6.07) is 9.95. The first-order valence-corrected chi connectivity index (χ1v) is 9.12. The molecule has 1 aliphatic rings. The second kappa shape index (κ2) is 7.83. The second-order valence-electron chi connectivity index (χ2n) is 6.99. The number of aryl methyl sites for hydroxylation is 1. The lowest BCUT2D eigenvalue weighted by atomic mass is 9.90. The topological polar surface area (TPSA) is 41.4 Å². The summed E-state index contributed by atoms with van der Waals surface area (Å²) in [4.78, 5) is 16.8. The molecule has 1 aromatic carbocycles. The Bertz CT molecular complexity index is 687. The predicted octanol–water partition coefficient (Wildman–Crippen LogP) is 2.91. The molecule has 0 bridgehead atoms. The Morgan fingerprint density at radius 3 is 2.48 bits per heavy atom. The molecule has 1 saturated heterocycles. The average molecular weight is 340 g/mol. The van der Waals surface area contributed by atoms with E-state index >= 15 is 0 Å². The van der Waals surface area contributed by atoms with Crippen molar-refractivity contribution in [3.05, 3.63) is 53.9 Å². The summed E-state index contributed by atoms with van der Waals surface area (Å²) in [6.07, 6.45) is 6.31. The Hall–Kier alpha value is -2.14. The van der Waals surface area contributed by atoms with Crippen LogP contribution in [0, 0.1) is 0 Å². The number of rotatable bonds is 5. The number of nitrogens with zero attached hydrogens (tertiary/aromatic N) is 4. The van der Waals surface area contributed by atoms with Gasteiger partial charge in [0.1, 0.15) is 6.04 Å². The van der Waals surface area contributed by atoms with Crippen molar-refractivity contribution in [3.63, 3.8) is 0 Å². The first kappa shape index (κ1) is 17.7. The number of carbonyl (C=O) groups is 1. The number of hydrogen-bond acceptors (Lipinski definition) is 3. The van der Waals surface area contributed by atoms with Crippen molar-refractivity contribution in [2.75, 3.05) is 27.2 Å². The smallest absolute Gasteiger partial charge is 0.244 e. The van der Waals surface area contributed by atoms with E-state index in [9.17, 15) is 4.79 Å². The van der Waals surface area contributed by atoms with E-state index in [-0.39, 0.29) is 11.9 Å². The molecule has 0 unspecified atom stereocenters. The fourth-order valence-electron chi connectivity index (χ4n) is 3.64. The SMILES string of the molecule is CCn1cc(C2CCN([C@H](C(=O)N(C)C)c3ccccc3)CC2)cn1. The van der Waals surface area contributed by atoms with E-state index < -0.39 is 0 Å². The first-order chi connectivity index (χ1) is 12.1. The van der Waals surface area contributed by atoms with Crippen LogP contribution < -0.4 is 0 Å². The summed E-state index contributed by atoms with van der Waals surface area (Å²) >= 11 is 0. The highest BCUT2D eigenvalue weighted by molar-refractivity contribution is 5.82. The lowest BCUT2D eigenvalue weighted by Crippen LogP contribution is -2.43. The summed E-state index contributed by atoms with van der Waals surface area (Å²) in [5.74, 6) is 0.700. The van der Waals surface area contributed by atoms with Crippen LogP contribution in [0.1, 0.15) is 42.9 Å².